The molecule has 0 radical (unpaired) electrons. The second kappa shape index (κ2) is 8.05. The first-order chi connectivity index (χ1) is 12.6. The lowest BCUT2D eigenvalue weighted by Crippen LogP contribution is -2.31. The Morgan fingerprint density at radius 3 is 2.65 bits per heavy atom. The molecule has 134 valence electrons. The number of anilines is 1. The minimum Gasteiger partial charge on any atom is -0.496 e. The van der Waals surface area contributed by atoms with Gasteiger partial charge in [0.15, 0.2) is 6.61 Å². The highest BCUT2D eigenvalue weighted by atomic mass is 32.2. The largest absolute Gasteiger partial charge is 0.496 e. The third kappa shape index (κ3) is 4.05. The quantitative estimate of drug-likeness (QED) is 0.621. The Kier molecular flexibility index (Phi) is 5.58. The maximum atomic E-state index is 12.2. The van der Waals surface area contributed by atoms with Crippen LogP contribution in [-0.2, 0) is 14.3 Å². The first-order valence-electron chi connectivity index (χ1n) is 7.97. The molecule has 3 rings (SSSR count). The lowest BCUT2D eigenvalue weighted by Gasteiger charge is -2.23. The van der Waals surface area contributed by atoms with E-state index in [0.717, 1.165) is 10.6 Å². The minimum absolute atomic E-state index is 0.107. The van der Waals surface area contributed by atoms with Crippen molar-refractivity contribution in [1.82, 2.24) is 0 Å². The van der Waals surface area contributed by atoms with E-state index in [1.54, 1.807) is 30.3 Å². The Balaban J connectivity index is 1.56. The van der Waals surface area contributed by atoms with Crippen LogP contribution in [0.3, 0.4) is 0 Å². The number of carbonyl (C=O) groups excluding carboxylic acids is 3. The molecule has 0 spiro atoms. The molecule has 6 nitrogen and oxygen atoms in total. The number of benzene rings is 2. The highest BCUT2D eigenvalue weighted by Gasteiger charge is 2.29. The number of hydrogen-bond donors (Lipinski definition) is 1. The van der Waals surface area contributed by atoms with Crippen molar-refractivity contribution < 1.29 is 23.9 Å². The van der Waals surface area contributed by atoms with Crippen LogP contribution in [0.25, 0.3) is 0 Å². The monoisotopic (exact) mass is 371 g/mol. The molecule has 0 aliphatic carbocycles. The van der Waals surface area contributed by atoms with Gasteiger partial charge in [0.05, 0.1) is 30.0 Å². The smallest absolute Gasteiger partial charge is 0.307 e. The van der Waals surface area contributed by atoms with Crippen LogP contribution < -0.4 is 10.1 Å². The molecule has 1 N–H and O–H groups in total. The summed E-state index contributed by atoms with van der Waals surface area (Å²) < 4.78 is 10.2. The lowest BCUT2D eigenvalue weighted by molar-refractivity contribution is -0.143. The number of Topliss-reactive ketones (excluding diaryl/α,β-unsaturated/α-hetero) is 1. The molecule has 1 aliphatic rings. The van der Waals surface area contributed by atoms with Crippen LogP contribution in [0, 0.1) is 0 Å². The van der Waals surface area contributed by atoms with Crippen LogP contribution in [-0.4, -0.2) is 36.6 Å². The Morgan fingerprint density at radius 2 is 1.85 bits per heavy atom. The zero-order valence-electron chi connectivity index (χ0n) is 14.1. The van der Waals surface area contributed by atoms with E-state index in [-0.39, 0.29) is 18.1 Å². The number of thioether (sulfide) groups is 1. The molecule has 1 atom stereocenters. The average molecular weight is 371 g/mol. The van der Waals surface area contributed by atoms with Gasteiger partial charge in [-0.2, -0.15) is 0 Å². The average Bonchev–Trinajstić information content (AvgIpc) is 2.66. The Labute approximate surface area is 154 Å². The van der Waals surface area contributed by atoms with E-state index in [9.17, 15) is 14.4 Å². The summed E-state index contributed by atoms with van der Waals surface area (Å²) in [6, 6.07) is 14.1. The van der Waals surface area contributed by atoms with E-state index in [1.807, 2.05) is 18.2 Å². The first-order valence-corrected chi connectivity index (χ1v) is 8.85. The number of hydrogen-bond acceptors (Lipinski definition) is 6. The summed E-state index contributed by atoms with van der Waals surface area (Å²) in [7, 11) is 1.47. The lowest BCUT2D eigenvalue weighted by atomic mass is 10.1. The van der Waals surface area contributed by atoms with Gasteiger partial charge in [-0.15, -0.1) is 11.8 Å². The summed E-state index contributed by atoms with van der Waals surface area (Å²) in [6.07, 6.45) is -0.107. The van der Waals surface area contributed by atoms with E-state index in [4.69, 9.17) is 9.47 Å². The van der Waals surface area contributed by atoms with Gasteiger partial charge >= 0.3 is 5.97 Å². The van der Waals surface area contributed by atoms with E-state index >= 15 is 0 Å². The fourth-order valence-corrected chi connectivity index (χ4v) is 3.63. The van der Waals surface area contributed by atoms with Gasteiger partial charge in [-0.25, -0.2) is 0 Å². The number of ether oxygens (including phenoxy) is 2. The van der Waals surface area contributed by atoms with Gasteiger partial charge in [0.1, 0.15) is 5.75 Å². The number of ketones is 1. The predicted molar refractivity (Wildman–Crippen MR) is 97.6 cm³/mol. The molecular weight excluding hydrogens is 354 g/mol. The number of fused-ring (bicyclic) bond motifs is 1. The van der Waals surface area contributed by atoms with Crippen molar-refractivity contribution in [3.8, 4) is 5.75 Å². The summed E-state index contributed by atoms with van der Waals surface area (Å²) in [4.78, 5) is 37.3. The third-order valence-corrected chi connectivity index (χ3v) is 5.11. The number of esters is 1. The molecule has 2 aromatic rings. The van der Waals surface area contributed by atoms with E-state index in [0.29, 0.717) is 11.3 Å². The van der Waals surface area contributed by atoms with Crippen LogP contribution in [0.1, 0.15) is 16.8 Å². The van der Waals surface area contributed by atoms with E-state index in [1.165, 1.54) is 18.9 Å². The molecule has 1 aliphatic heterocycles. The third-order valence-electron chi connectivity index (χ3n) is 3.83. The molecule has 0 aromatic heterocycles. The molecule has 0 saturated heterocycles. The normalized spacial score (nSPS) is 15.6. The van der Waals surface area contributed by atoms with Crippen LogP contribution in [0.15, 0.2) is 53.4 Å². The molecule has 1 amide bonds. The van der Waals surface area contributed by atoms with Crippen LogP contribution in [0.2, 0.25) is 0 Å². The first kappa shape index (κ1) is 18.0. The number of nitrogens with one attached hydrogen (secondary N) is 1. The van der Waals surface area contributed by atoms with Gasteiger partial charge < -0.3 is 14.8 Å². The molecular formula is C19H17NO5S. The molecule has 0 bridgehead atoms. The Bertz CT molecular complexity index is 851. The van der Waals surface area contributed by atoms with Crippen molar-refractivity contribution in [1.29, 1.82) is 0 Å². The highest BCUT2D eigenvalue weighted by molar-refractivity contribution is 8.01. The summed E-state index contributed by atoms with van der Waals surface area (Å²) in [5, 5.41) is 2.19. The minimum atomic E-state index is -0.597. The number of para-hydroxylation sites is 2. The van der Waals surface area contributed by atoms with Crippen molar-refractivity contribution >= 4 is 35.1 Å². The molecule has 1 unspecified atom stereocenters. The summed E-state index contributed by atoms with van der Waals surface area (Å²) in [5.74, 6) is -0.781. The van der Waals surface area contributed by atoms with Gasteiger partial charge in [-0.3, -0.25) is 14.4 Å². The number of amides is 1. The standard InChI is InChI=1S/C19H17NO5S/c1-24-15-8-4-2-6-12(15)14(21)11-25-18(22)10-17-19(23)20-13-7-3-5-9-16(13)26-17/h2-9,17H,10-11H2,1H3,(H,20,23). The van der Waals surface area contributed by atoms with Crippen molar-refractivity contribution in [2.45, 2.75) is 16.6 Å². The zero-order chi connectivity index (χ0) is 18.5. The summed E-state index contributed by atoms with van der Waals surface area (Å²) in [5.41, 5.74) is 1.08. The molecule has 26 heavy (non-hydrogen) atoms. The maximum Gasteiger partial charge on any atom is 0.307 e. The molecule has 7 heteroatoms. The second-order valence-electron chi connectivity index (χ2n) is 5.58. The maximum absolute atomic E-state index is 12.2. The van der Waals surface area contributed by atoms with Gasteiger partial charge in [-0.1, -0.05) is 24.3 Å². The SMILES string of the molecule is COc1ccccc1C(=O)COC(=O)CC1Sc2ccccc2NC1=O. The summed E-state index contributed by atoms with van der Waals surface area (Å²) in [6.45, 7) is -0.394. The van der Waals surface area contributed by atoms with Gasteiger partial charge in [0, 0.05) is 4.90 Å². The molecule has 0 fully saturated rings. The zero-order valence-corrected chi connectivity index (χ0v) is 14.9. The van der Waals surface area contributed by atoms with Crippen LogP contribution >= 0.6 is 11.8 Å². The van der Waals surface area contributed by atoms with Crippen molar-refractivity contribution in [2.75, 3.05) is 19.0 Å². The van der Waals surface area contributed by atoms with Gasteiger partial charge in [0.2, 0.25) is 11.7 Å². The predicted octanol–water partition coefficient (Wildman–Crippen LogP) is 2.92. The Morgan fingerprint density at radius 1 is 1.12 bits per heavy atom. The fraction of sp³-hybridized carbons (Fsp3) is 0.211. The van der Waals surface area contributed by atoms with E-state index in [2.05, 4.69) is 5.32 Å². The fourth-order valence-electron chi connectivity index (χ4n) is 2.54. The van der Waals surface area contributed by atoms with Crippen molar-refractivity contribution in [2.24, 2.45) is 0 Å². The molecule has 2 aromatic carbocycles. The van der Waals surface area contributed by atoms with Crippen LogP contribution in [0.5, 0.6) is 5.75 Å². The molecule has 1 heterocycles. The summed E-state index contributed by atoms with van der Waals surface area (Å²) >= 11 is 1.31. The second-order valence-corrected chi connectivity index (χ2v) is 6.82. The number of carbonyl (C=O) groups is 3. The van der Waals surface area contributed by atoms with Crippen molar-refractivity contribution in [3.05, 3.63) is 54.1 Å². The highest BCUT2D eigenvalue weighted by Crippen LogP contribution is 2.36. The van der Waals surface area contributed by atoms with Crippen LogP contribution in [0.4, 0.5) is 5.69 Å². The number of methoxy groups -OCH3 is 1. The van der Waals surface area contributed by atoms with Gasteiger partial charge in [-0.05, 0) is 24.3 Å². The number of rotatable bonds is 6. The van der Waals surface area contributed by atoms with E-state index < -0.39 is 17.8 Å². The topological polar surface area (TPSA) is 81.7 Å². The van der Waals surface area contributed by atoms with Gasteiger partial charge in [0.25, 0.3) is 0 Å². The van der Waals surface area contributed by atoms with Crippen molar-refractivity contribution in [3.63, 3.8) is 0 Å². The molecule has 0 saturated carbocycles. The Hall–Kier alpha value is -2.80.